The van der Waals surface area contributed by atoms with Crippen LogP contribution in [-0.2, 0) is 14.6 Å². The second kappa shape index (κ2) is 6.36. The molecule has 100 valence electrons. The Balaban J connectivity index is 2.95. The van der Waals surface area contributed by atoms with E-state index >= 15 is 0 Å². The minimum absolute atomic E-state index is 0.0968. The normalized spacial score (nSPS) is 12.6. The van der Waals surface area contributed by atoms with Crippen molar-refractivity contribution in [1.29, 1.82) is 0 Å². The average molecular weight is 272 g/mol. The van der Waals surface area contributed by atoms with Crippen LogP contribution in [0.4, 0.5) is 0 Å². The van der Waals surface area contributed by atoms with Gasteiger partial charge in [0.15, 0.2) is 15.7 Å². The predicted octanol–water partition coefficient (Wildman–Crippen LogP) is 0.591. The van der Waals surface area contributed by atoms with Gasteiger partial charge < -0.3 is 15.7 Å². The third-order valence-electron chi connectivity index (χ3n) is 2.30. The van der Waals surface area contributed by atoms with Gasteiger partial charge in [-0.3, -0.25) is 0 Å². The van der Waals surface area contributed by atoms with E-state index in [2.05, 4.69) is 5.16 Å². The van der Waals surface area contributed by atoms with Gasteiger partial charge in [0, 0.05) is 12.2 Å². The summed E-state index contributed by atoms with van der Waals surface area (Å²) in [7, 11) is -3.41. The largest absolute Gasteiger partial charge is 0.409 e. The molecule has 18 heavy (non-hydrogen) atoms. The van der Waals surface area contributed by atoms with Crippen LogP contribution in [0.15, 0.2) is 34.3 Å². The molecule has 0 saturated heterocycles. The Morgan fingerprint density at radius 1 is 1.50 bits per heavy atom. The summed E-state index contributed by atoms with van der Waals surface area (Å²) in [4.78, 5) is 0.131. The van der Waals surface area contributed by atoms with E-state index in [1.54, 1.807) is 19.1 Å². The molecule has 1 aromatic carbocycles. The van der Waals surface area contributed by atoms with Gasteiger partial charge in [0.1, 0.15) is 0 Å². The van der Waals surface area contributed by atoms with Crippen LogP contribution in [-0.4, -0.2) is 38.4 Å². The van der Waals surface area contributed by atoms with E-state index in [0.29, 0.717) is 12.2 Å². The Hall–Kier alpha value is -1.60. The Bertz CT molecular complexity index is 526. The molecule has 0 unspecified atom stereocenters. The summed E-state index contributed by atoms with van der Waals surface area (Å²) in [6.45, 7) is 2.41. The van der Waals surface area contributed by atoms with Crippen molar-refractivity contribution in [3.8, 4) is 0 Å². The number of rotatable bonds is 6. The van der Waals surface area contributed by atoms with E-state index in [1.807, 2.05) is 0 Å². The van der Waals surface area contributed by atoms with Gasteiger partial charge in [-0.2, -0.15) is 0 Å². The summed E-state index contributed by atoms with van der Waals surface area (Å²) >= 11 is 0. The number of oxime groups is 1. The monoisotopic (exact) mass is 272 g/mol. The lowest BCUT2D eigenvalue weighted by Gasteiger charge is -2.06. The van der Waals surface area contributed by atoms with E-state index in [0.717, 1.165) is 0 Å². The van der Waals surface area contributed by atoms with E-state index < -0.39 is 9.84 Å². The second-order valence-corrected chi connectivity index (χ2v) is 5.64. The van der Waals surface area contributed by atoms with E-state index in [9.17, 15) is 8.42 Å². The second-order valence-electron chi connectivity index (χ2n) is 3.53. The molecule has 0 saturated carbocycles. The fraction of sp³-hybridized carbons (Fsp3) is 0.364. The van der Waals surface area contributed by atoms with Gasteiger partial charge in [0.2, 0.25) is 0 Å². The standard InChI is InChI=1S/C11H16N2O4S/c1-2-17-6-7-18(15,16)10-5-3-4-9(8-10)11(12)13-14/h3-5,8,14H,2,6-7H2,1H3,(H2,12,13). The highest BCUT2D eigenvalue weighted by atomic mass is 32.2. The molecule has 1 aromatic rings. The Labute approximate surface area is 106 Å². The highest BCUT2D eigenvalue weighted by Crippen LogP contribution is 2.13. The van der Waals surface area contributed by atoms with Gasteiger partial charge >= 0.3 is 0 Å². The van der Waals surface area contributed by atoms with Crippen LogP contribution in [0, 0.1) is 0 Å². The van der Waals surface area contributed by atoms with Crippen molar-refractivity contribution in [3.05, 3.63) is 29.8 Å². The van der Waals surface area contributed by atoms with Crippen LogP contribution in [0.2, 0.25) is 0 Å². The van der Waals surface area contributed by atoms with Gasteiger partial charge in [-0.25, -0.2) is 8.42 Å². The predicted molar refractivity (Wildman–Crippen MR) is 67.5 cm³/mol. The van der Waals surface area contributed by atoms with Crippen molar-refractivity contribution < 1.29 is 18.4 Å². The van der Waals surface area contributed by atoms with Crippen molar-refractivity contribution in [3.63, 3.8) is 0 Å². The summed E-state index contributed by atoms with van der Waals surface area (Å²) in [5.74, 6) is -0.225. The molecule has 0 fully saturated rings. The van der Waals surface area contributed by atoms with Crippen LogP contribution in [0.25, 0.3) is 0 Å². The number of nitrogens with two attached hydrogens (primary N) is 1. The van der Waals surface area contributed by atoms with Gasteiger partial charge in [0.05, 0.1) is 17.3 Å². The molecule has 0 aromatic heterocycles. The zero-order valence-electron chi connectivity index (χ0n) is 10.0. The van der Waals surface area contributed by atoms with Crippen molar-refractivity contribution in [2.75, 3.05) is 19.0 Å². The number of nitrogens with zero attached hydrogens (tertiary/aromatic N) is 1. The van der Waals surface area contributed by atoms with E-state index in [1.165, 1.54) is 12.1 Å². The summed E-state index contributed by atoms with van der Waals surface area (Å²) in [5, 5.41) is 11.4. The first-order valence-electron chi connectivity index (χ1n) is 5.39. The number of amidine groups is 1. The minimum Gasteiger partial charge on any atom is -0.409 e. The lowest BCUT2D eigenvalue weighted by molar-refractivity contribution is 0.163. The van der Waals surface area contributed by atoms with Gasteiger partial charge in [-0.15, -0.1) is 0 Å². The molecule has 6 nitrogen and oxygen atoms in total. The molecular formula is C11H16N2O4S. The Kier molecular flexibility index (Phi) is 5.11. The number of hydrogen-bond donors (Lipinski definition) is 2. The third kappa shape index (κ3) is 3.71. The van der Waals surface area contributed by atoms with Crippen molar-refractivity contribution in [2.24, 2.45) is 10.9 Å². The molecule has 0 spiro atoms. The van der Waals surface area contributed by atoms with Crippen molar-refractivity contribution >= 4 is 15.7 Å². The summed E-state index contributed by atoms with van der Waals surface area (Å²) < 4.78 is 28.9. The van der Waals surface area contributed by atoms with E-state index in [-0.39, 0.29) is 23.1 Å². The first-order chi connectivity index (χ1) is 8.51. The summed E-state index contributed by atoms with van der Waals surface area (Å²) in [6, 6.07) is 5.95. The lowest BCUT2D eigenvalue weighted by atomic mass is 10.2. The fourth-order valence-electron chi connectivity index (χ4n) is 1.34. The number of sulfone groups is 1. The molecule has 7 heteroatoms. The summed E-state index contributed by atoms with van der Waals surface area (Å²) in [5.41, 5.74) is 5.77. The third-order valence-corrected chi connectivity index (χ3v) is 3.97. The molecule has 0 aliphatic carbocycles. The van der Waals surface area contributed by atoms with Crippen LogP contribution in [0.3, 0.4) is 0 Å². The smallest absolute Gasteiger partial charge is 0.180 e. The number of benzene rings is 1. The lowest BCUT2D eigenvalue weighted by Crippen LogP contribution is -2.16. The average Bonchev–Trinajstić information content (AvgIpc) is 2.38. The maximum absolute atomic E-state index is 11.9. The minimum atomic E-state index is -3.41. The molecule has 3 N–H and O–H groups in total. The molecule has 0 aliphatic rings. The molecular weight excluding hydrogens is 256 g/mol. The zero-order chi connectivity index (χ0) is 13.6. The number of hydrogen-bond acceptors (Lipinski definition) is 5. The van der Waals surface area contributed by atoms with Gasteiger partial charge in [-0.1, -0.05) is 17.3 Å². The molecule has 0 aliphatic heterocycles. The first kappa shape index (κ1) is 14.5. The molecule has 0 amide bonds. The van der Waals surface area contributed by atoms with Crippen LogP contribution in [0.1, 0.15) is 12.5 Å². The fourth-order valence-corrected chi connectivity index (χ4v) is 2.50. The SMILES string of the molecule is CCOCCS(=O)(=O)c1cccc(/C(N)=N/O)c1. The molecule has 0 radical (unpaired) electrons. The maximum Gasteiger partial charge on any atom is 0.180 e. The van der Waals surface area contributed by atoms with Crippen molar-refractivity contribution in [1.82, 2.24) is 0 Å². The zero-order valence-corrected chi connectivity index (χ0v) is 10.9. The van der Waals surface area contributed by atoms with Crippen molar-refractivity contribution in [2.45, 2.75) is 11.8 Å². The van der Waals surface area contributed by atoms with Crippen LogP contribution < -0.4 is 5.73 Å². The molecule has 0 atom stereocenters. The quantitative estimate of drug-likeness (QED) is 0.259. The van der Waals surface area contributed by atoms with Gasteiger partial charge in [-0.05, 0) is 19.1 Å². The maximum atomic E-state index is 11.9. The summed E-state index contributed by atoms with van der Waals surface area (Å²) in [6.07, 6.45) is 0. The first-order valence-corrected chi connectivity index (χ1v) is 7.05. The highest BCUT2D eigenvalue weighted by molar-refractivity contribution is 7.91. The topological polar surface area (TPSA) is 102 Å². The van der Waals surface area contributed by atoms with Gasteiger partial charge in [0.25, 0.3) is 0 Å². The molecule has 0 bridgehead atoms. The van der Waals surface area contributed by atoms with Crippen LogP contribution >= 0.6 is 0 Å². The highest BCUT2D eigenvalue weighted by Gasteiger charge is 2.15. The molecule has 1 rings (SSSR count). The Morgan fingerprint density at radius 3 is 2.83 bits per heavy atom. The number of ether oxygens (including phenoxy) is 1. The molecule has 0 heterocycles. The Morgan fingerprint density at radius 2 is 2.22 bits per heavy atom. The van der Waals surface area contributed by atoms with E-state index in [4.69, 9.17) is 15.7 Å². The van der Waals surface area contributed by atoms with Crippen LogP contribution in [0.5, 0.6) is 0 Å².